The van der Waals surface area contributed by atoms with Gasteiger partial charge in [0, 0.05) is 26.1 Å². The predicted octanol–water partition coefficient (Wildman–Crippen LogP) is 2.88. The van der Waals surface area contributed by atoms with Crippen LogP contribution in [0.3, 0.4) is 0 Å². The Hall–Kier alpha value is -1.82. The molecule has 1 amide bonds. The molecule has 0 atom stereocenters. The van der Waals surface area contributed by atoms with Gasteiger partial charge in [-0.3, -0.25) is 14.4 Å². The average Bonchev–Trinajstić information content (AvgIpc) is 2.55. The molecule has 1 aromatic carbocycles. The number of carbonyl (C=O) groups is 3. The van der Waals surface area contributed by atoms with Crippen molar-refractivity contribution < 1.29 is 19.1 Å². The molecule has 23 heavy (non-hydrogen) atoms. The molecule has 0 aliphatic rings. The standard InChI is InChI=1S/C15H19NO4S.C2H6/c1-12(17)21-9-8-14(18)16(2)10-15(19)20-11-13-6-4-3-5-7-13;1-2/h3-7H,8-11H2,1-2H3;1-2H3. The molecule has 0 aromatic heterocycles. The van der Waals surface area contributed by atoms with Crippen LogP contribution in [0.4, 0.5) is 0 Å². The second-order valence-electron chi connectivity index (χ2n) is 4.49. The molecule has 128 valence electrons. The molecule has 6 heteroatoms. The van der Waals surface area contributed by atoms with Gasteiger partial charge < -0.3 is 9.64 Å². The van der Waals surface area contributed by atoms with Crippen molar-refractivity contribution in [1.29, 1.82) is 0 Å². The van der Waals surface area contributed by atoms with Crippen LogP contribution < -0.4 is 0 Å². The largest absolute Gasteiger partial charge is 0.459 e. The number of benzene rings is 1. The number of hydrogen-bond acceptors (Lipinski definition) is 5. The fourth-order valence-electron chi connectivity index (χ4n) is 1.54. The van der Waals surface area contributed by atoms with E-state index in [2.05, 4.69) is 0 Å². The molecule has 0 saturated carbocycles. The van der Waals surface area contributed by atoms with Gasteiger partial charge in [0.1, 0.15) is 13.2 Å². The summed E-state index contributed by atoms with van der Waals surface area (Å²) >= 11 is 1.10. The summed E-state index contributed by atoms with van der Waals surface area (Å²) < 4.78 is 5.10. The molecule has 0 fully saturated rings. The van der Waals surface area contributed by atoms with E-state index in [-0.39, 0.29) is 30.6 Å². The van der Waals surface area contributed by atoms with Crippen LogP contribution in [-0.4, -0.2) is 41.2 Å². The molecule has 0 saturated heterocycles. The van der Waals surface area contributed by atoms with Gasteiger partial charge in [-0.1, -0.05) is 55.9 Å². The number of nitrogens with zero attached hydrogens (tertiary/aromatic N) is 1. The summed E-state index contributed by atoms with van der Waals surface area (Å²) in [4.78, 5) is 35.4. The maximum absolute atomic E-state index is 11.7. The quantitative estimate of drug-likeness (QED) is 0.715. The van der Waals surface area contributed by atoms with Crippen molar-refractivity contribution in [2.24, 2.45) is 0 Å². The fourth-order valence-corrected chi connectivity index (χ4v) is 2.10. The Kier molecular flexibility index (Phi) is 11.7. The van der Waals surface area contributed by atoms with E-state index in [4.69, 9.17) is 4.74 Å². The van der Waals surface area contributed by atoms with Crippen LogP contribution in [0.1, 0.15) is 32.8 Å². The van der Waals surface area contributed by atoms with Gasteiger partial charge in [0.25, 0.3) is 0 Å². The lowest BCUT2D eigenvalue weighted by Gasteiger charge is -2.16. The van der Waals surface area contributed by atoms with E-state index in [0.717, 1.165) is 17.3 Å². The second kappa shape index (κ2) is 12.7. The van der Waals surface area contributed by atoms with E-state index < -0.39 is 5.97 Å². The fraction of sp³-hybridized carbons (Fsp3) is 0.471. The minimum atomic E-state index is -0.450. The van der Waals surface area contributed by atoms with E-state index >= 15 is 0 Å². The van der Waals surface area contributed by atoms with E-state index in [1.165, 1.54) is 11.8 Å². The van der Waals surface area contributed by atoms with Crippen LogP contribution in [0.5, 0.6) is 0 Å². The lowest BCUT2D eigenvalue weighted by atomic mass is 10.2. The summed E-state index contributed by atoms with van der Waals surface area (Å²) in [5.41, 5.74) is 0.901. The average molecular weight is 339 g/mol. The zero-order chi connectivity index (χ0) is 17.7. The Balaban J connectivity index is 0.00000232. The lowest BCUT2D eigenvalue weighted by Crippen LogP contribution is -2.33. The van der Waals surface area contributed by atoms with Gasteiger partial charge in [-0.15, -0.1) is 0 Å². The van der Waals surface area contributed by atoms with Gasteiger partial charge >= 0.3 is 5.97 Å². The molecule has 0 N–H and O–H groups in total. The van der Waals surface area contributed by atoms with Crippen LogP contribution in [-0.2, 0) is 25.7 Å². The molecule has 0 aliphatic carbocycles. The maximum atomic E-state index is 11.7. The Morgan fingerprint density at radius 1 is 1.13 bits per heavy atom. The monoisotopic (exact) mass is 339 g/mol. The van der Waals surface area contributed by atoms with Crippen molar-refractivity contribution in [3.05, 3.63) is 35.9 Å². The number of esters is 1. The Morgan fingerprint density at radius 3 is 2.30 bits per heavy atom. The van der Waals surface area contributed by atoms with Crippen LogP contribution in [0.2, 0.25) is 0 Å². The number of rotatable bonds is 7. The molecular weight excluding hydrogens is 314 g/mol. The highest BCUT2D eigenvalue weighted by Crippen LogP contribution is 2.05. The maximum Gasteiger partial charge on any atom is 0.325 e. The molecule has 1 rings (SSSR count). The van der Waals surface area contributed by atoms with Gasteiger partial charge in [0.2, 0.25) is 5.91 Å². The van der Waals surface area contributed by atoms with Crippen molar-refractivity contribution in [2.45, 2.75) is 33.8 Å². The highest BCUT2D eigenvalue weighted by atomic mass is 32.2. The number of thioether (sulfide) groups is 1. The molecule has 0 heterocycles. The van der Waals surface area contributed by atoms with Gasteiger partial charge in [0.05, 0.1) is 0 Å². The van der Waals surface area contributed by atoms with Crippen molar-refractivity contribution in [3.8, 4) is 0 Å². The summed E-state index contributed by atoms with van der Waals surface area (Å²) in [5.74, 6) is -0.202. The third-order valence-electron chi connectivity index (χ3n) is 2.66. The first-order valence-corrected chi connectivity index (χ1v) is 8.54. The normalized spacial score (nSPS) is 9.39. The van der Waals surface area contributed by atoms with E-state index in [0.29, 0.717) is 5.75 Å². The van der Waals surface area contributed by atoms with Crippen molar-refractivity contribution in [1.82, 2.24) is 4.90 Å². The SMILES string of the molecule is CC.CC(=O)SCCC(=O)N(C)CC(=O)OCc1ccccc1. The van der Waals surface area contributed by atoms with Crippen molar-refractivity contribution in [2.75, 3.05) is 19.3 Å². The first kappa shape index (κ1) is 21.2. The summed E-state index contributed by atoms with van der Waals surface area (Å²) in [7, 11) is 1.55. The number of ether oxygens (including phenoxy) is 1. The number of carbonyl (C=O) groups excluding carboxylic acids is 3. The van der Waals surface area contributed by atoms with Crippen LogP contribution in [0.25, 0.3) is 0 Å². The summed E-state index contributed by atoms with van der Waals surface area (Å²) in [5, 5.41) is -0.0206. The van der Waals surface area contributed by atoms with Gasteiger partial charge in [-0.25, -0.2) is 0 Å². The van der Waals surface area contributed by atoms with Gasteiger partial charge in [-0.05, 0) is 5.56 Å². The predicted molar refractivity (Wildman–Crippen MR) is 93.0 cm³/mol. The smallest absolute Gasteiger partial charge is 0.325 e. The zero-order valence-corrected chi connectivity index (χ0v) is 15.0. The summed E-state index contributed by atoms with van der Waals surface area (Å²) in [6, 6.07) is 9.34. The molecule has 0 aliphatic heterocycles. The zero-order valence-electron chi connectivity index (χ0n) is 14.2. The Morgan fingerprint density at radius 2 is 1.74 bits per heavy atom. The Labute approximate surface area is 142 Å². The lowest BCUT2D eigenvalue weighted by molar-refractivity contribution is -0.149. The van der Waals surface area contributed by atoms with Crippen LogP contribution >= 0.6 is 11.8 Å². The second-order valence-corrected chi connectivity index (χ2v) is 5.76. The molecule has 1 aromatic rings. The third kappa shape index (κ3) is 10.5. The van der Waals surface area contributed by atoms with Crippen molar-refractivity contribution >= 4 is 28.8 Å². The minimum Gasteiger partial charge on any atom is -0.459 e. The first-order valence-electron chi connectivity index (χ1n) is 7.56. The van der Waals surface area contributed by atoms with E-state index in [1.54, 1.807) is 7.05 Å². The summed E-state index contributed by atoms with van der Waals surface area (Å²) in [6.07, 6.45) is 0.229. The van der Waals surface area contributed by atoms with E-state index in [1.807, 2.05) is 44.2 Å². The molecule has 5 nitrogen and oxygen atoms in total. The van der Waals surface area contributed by atoms with Gasteiger partial charge in [0.15, 0.2) is 5.12 Å². The number of hydrogen-bond donors (Lipinski definition) is 0. The molecular formula is C17H25NO4S. The minimum absolute atomic E-state index is 0.0206. The molecule has 0 bridgehead atoms. The van der Waals surface area contributed by atoms with E-state index in [9.17, 15) is 14.4 Å². The Bertz CT molecular complexity index is 491. The topological polar surface area (TPSA) is 63.7 Å². The highest BCUT2D eigenvalue weighted by Gasteiger charge is 2.14. The van der Waals surface area contributed by atoms with Gasteiger partial charge in [-0.2, -0.15) is 0 Å². The van der Waals surface area contributed by atoms with Crippen LogP contribution in [0.15, 0.2) is 30.3 Å². The highest BCUT2D eigenvalue weighted by molar-refractivity contribution is 8.13. The third-order valence-corrected chi connectivity index (χ3v) is 3.47. The molecule has 0 spiro atoms. The number of amides is 1. The molecule has 0 radical (unpaired) electrons. The van der Waals surface area contributed by atoms with Crippen molar-refractivity contribution in [3.63, 3.8) is 0 Å². The first-order chi connectivity index (χ1) is 11.0. The molecule has 0 unspecified atom stereocenters. The number of likely N-dealkylation sites (N-methyl/N-ethyl adjacent to an activating group) is 1. The van der Waals surface area contributed by atoms with Crippen LogP contribution in [0, 0.1) is 0 Å². The summed E-state index contributed by atoms with van der Waals surface area (Å²) in [6.45, 7) is 5.57.